The molecule has 1 heterocycles. The standard InChI is InChI=1S/C15H21NO2/c1-12-7-6-8-13(2)16(12)15(17)18-11-14-9-4-3-5-10-14/h3-5,9-10,12-13H,6-8,11H2,1-2H3. The maximum atomic E-state index is 12.1. The van der Waals surface area contributed by atoms with Crippen molar-refractivity contribution in [3.8, 4) is 0 Å². The summed E-state index contributed by atoms with van der Waals surface area (Å²) in [7, 11) is 0. The first-order chi connectivity index (χ1) is 8.68. The second-order valence-electron chi connectivity index (χ2n) is 5.08. The Kier molecular flexibility index (Phi) is 4.24. The van der Waals surface area contributed by atoms with E-state index in [0.29, 0.717) is 6.61 Å². The lowest BCUT2D eigenvalue weighted by Crippen LogP contribution is -2.47. The van der Waals surface area contributed by atoms with Crippen LogP contribution in [0.2, 0.25) is 0 Å². The molecular weight excluding hydrogens is 226 g/mol. The van der Waals surface area contributed by atoms with E-state index in [9.17, 15) is 4.79 Å². The molecule has 18 heavy (non-hydrogen) atoms. The van der Waals surface area contributed by atoms with Crippen molar-refractivity contribution in [1.82, 2.24) is 4.90 Å². The van der Waals surface area contributed by atoms with Crippen LogP contribution in [0.4, 0.5) is 4.79 Å². The predicted molar refractivity (Wildman–Crippen MR) is 71.2 cm³/mol. The lowest BCUT2D eigenvalue weighted by Gasteiger charge is -2.38. The Balaban J connectivity index is 1.91. The molecule has 98 valence electrons. The van der Waals surface area contributed by atoms with Crippen molar-refractivity contribution in [3.05, 3.63) is 35.9 Å². The number of nitrogens with zero attached hydrogens (tertiary/aromatic N) is 1. The number of piperidine rings is 1. The van der Waals surface area contributed by atoms with E-state index >= 15 is 0 Å². The van der Waals surface area contributed by atoms with Gasteiger partial charge in [0, 0.05) is 12.1 Å². The minimum Gasteiger partial charge on any atom is -0.445 e. The van der Waals surface area contributed by atoms with Gasteiger partial charge in [-0.25, -0.2) is 4.79 Å². The molecule has 0 N–H and O–H groups in total. The number of benzene rings is 1. The Bertz CT molecular complexity index is 381. The van der Waals surface area contributed by atoms with Gasteiger partial charge in [-0.1, -0.05) is 30.3 Å². The maximum Gasteiger partial charge on any atom is 0.410 e. The van der Waals surface area contributed by atoms with Crippen LogP contribution in [-0.2, 0) is 11.3 Å². The van der Waals surface area contributed by atoms with E-state index in [1.807, 2.05) is 35.2 Å². The van der Waals surface area contributed by atoms with Crippen molar-refractivity contribution in [2.75, 3.05) is 0 Å². The average molecular weight is 247 g/mol. The maximum absolute atomic E-state index is 12.1. The highest BCUT2D eigenvalue weighted by Crippen LogP contribution is 2.23. The summed E-state index contributed by atoms with van der Waals surface area (Å²) in [6.07, 6.45) is 3.17. The largest absolute Gasteiger partial charge is 0.445 e. The van der Waals surface area contributed by atoms with Gasteiger partial charge in [-0.15, -0.1) is 0 Å². The van der Waals surface area contributed by atoms with E-state index in [4.69, 9.17) is 4.74 Å². The molecule has 1 saturated heterocycles. The normalized spacial score (nSPS) is 23.8. The topological polar surface area (TPSA) is 29.5 Å². The van der Waals surface area contributed by atoms with Crippen LogP contribution in [0.1, 0.15) is 38.7 Å². The third-order valence-electron chi connectivity index (χ3n) is 3.61. The number of likely N-dealkylation sites (tertiary alicyclic amines) is 1. The van der Waals surface area contributed by atoms with Gasteiger partial charge in [0.25, 0.3) is 0 Å². The molecule has 1 aliphatic rings. The monoisotopic (exact) mass is 247 g/mol. The Morgan fingerprint density at radius 2 is 1.83 bits per heavy atom. The first-order valence-corrected chi connectivity index (χ1v) is 6.67. The number of amides is 1. The van der Waals surface area contributed by atoms with Gasteiger partial charge in [0.1, 0.15) is 6.61 Å². The molecule has 0 saturated carbocycles. The highest BCUT2D eigenvalue weighted by Gasteiger charge is 2.29. The Hall–Kier alpha value is -1.51. The molecule has 0 radical (unpaired) electrons. The third-order valence-corrected chi connectivity index (χ3v) is 3.61. The molecule has 0 aromatic heterocycles. The molecule has 2 rings (SSSR count). The summed E-state index contributed by atoms with van der Waals surface area (Å²) in [5, 5.41) is 0. The van der Waals surface area contributed by atoms with Gasteiger partial charge in [-0.2, -0.15) is 0 Å². The van der Waals surface area contributed by atoms with Gasteiger partial charge >= 0.3 is 6.09 Å². The number of carbonyl (C=O) groups excluding carboxylic acids is 1. The van der Waals surface area contributed by atoms with Crippen molar-refractivity contribution in [3.63, 3.8) is 0 Å². The highest BCUT2D eigenvalue weighted by atomic mass is 16.6. The Morgan fingerprint density at radius 1 is 1.22 bits per heavy atom. The summed E-state index contributed by atoms with van der Waals surface area (Å²) >= 11 is 0. The molecular formula is C15H21NO2. The molecule has 0 spiro atoms. The van der Waals surface area contributed by atoms with E-state index in [1.54, 1.807) is 0 Å². The quantitative estimate of drug-likeness (QED) is 0.799. The summed E-state index contributed by atoms with van der Waals surface area (Å²) in [6, 6.07) is 10.4. The number of hydrogen-bond acceptors (Lipinski definition) is 2. The second kappa shape index (κ2) is 5.89. The summed E-state index contributed by atoms with van der Waals surface area (Å²) in [4.78, 5) is 14.0. The van der Waals surface area contributed by atoms with Crippen LogP contribution in [0.3, 0.4) is 0 Å². The molecule has 0 bridgehead atoms. The van der Waals surface area contributed by atoms with Crippen molar-refractivity contribution in [2.24, 2.45) is 0 Å². The molecule has 1 aromatic carbocycles. The lowest BCUT2D eigenvalue weighted by molar-refractivity contribution is 0.0510. The summed E-state index contributed by atoms with van der Waals surface area (Å²) in [5.74, 6) is 0. The van der Waals surface area contributed by atoms with Gasteiger partial charge in [0.2, 0.25) is 0 Å². The second-order valence-corrected chi connectivity index (χ2v) is 5.08. The minimum absolute atomic E-state index is 0.182. The van der Waals surface area contributed by atoms with Crippen LogP contribution in [0.15, 0.2) is 30.3 Å². The van der Waals surface area contributed by atoms with Crippen LogP contribution in [-0.4, -0.2) is 23.1 Å². The Labute approximate surface area is 109 Å². The van der Waals surface area contributed by atoms with Gasteiger partial charge in [-0.3, -0.25) is 0 Å². The van der Waals surface area contributed by atoms with Gasteiger partial charge in [-0.05, 0) is 38.7 Å². The molecule has 1 amide bonds. The van der Waals surface area contributed by atoms with E-state index in [2.05, 4.69) is 13.8 Å². The first kappa shape index (κ1) is 12.9. The fraction of sp³-hybridized carbons (Fsp3) is 0.533. The van der Waals surface area contributed by atoms with Gasteiger partial charge in [0.05, 0.1) is 0 Å². The van der Waals surface area contributed by atoms with E-state index in [-0.39, 0.29) is 18.2 Å². The van der Waals surface area contributed by atoms with Crippen molar-refractivity contribution in [1.29, 1.82) is 0 Å². The molecule has 1 aromatic rings. The van der Waals surface area contributed by atoms with Gasteiger partial charge < -0.3 is 9.64 Å². The van der Waals surface area contributed by atoms with E-state index in [1.165, 1.54) is 6.42 Å². The molecule has 1 aliphatic heterocycles. The molecule has 1 fully saturated rings. The molecule has 3 heteroatoms. The number of carbonyl (C=O) groups is 1. The van der Waals surface area contributed by atoms with Crippen LogP contribution in [0, 0.1) is 0 Å². The van der Waals surface area contributed by atoms with Crippen LogP contribution in [0.5, 0.6) is 0 Å². The predicted octanol–water partition coefficient (Wildman–Crippen LogP) is 3.59. The van der Waals surface area contributed by atoms with Crippen molar-refractivity contribution < 1.29 is 9.53 Å². The summed E-state index contributed by atoms with van der Waals surface area (Å²) < 4.78 is 5.40. The molecule has 2 atom stereocenters. The zero-order chi connectivity index (χ0) is 13.0. The van der Waals surface area contributed by atoms with Crippen molar-refractivity contribution in [2.45, 2.75) is 51.8 Å². The number of rotatable bonds is 2. The van der Waals surface area contributed by atoms with Crippen LogP contribution >= 0.6 is 0 Å². The highest BCUT2D eigenvalue weighted by molar-refractivity contribution is 5.68. The fourth-order valence-corrected chi connectivity index (χ4v) is 2.58. The zero-order valence-corrected chi connectivity index (χ0v) is 11.1. The first-order valence-electron chi connectivity index (χ1n) is 6.67. The average Bonchev–Trinajstić information content (AvgIpc) is 2.37. The van der Waals surface area contributed by atoms with E-state index in [0.717, 1.165) is 18.4 Å². The Morgan fingerprint density at radius 3 is 2.44 bits per heavy atom. The summed E-state index contributed by atoms with van der Waals surface area (Å²) in [5.41, 5.74) is 1.03. The zero-order valence-electron chi connectivity index (χ0n) is 11.1. The SMILES string of the molecule is CC1CCCC(C)N1C(=O)OCc1ccccc1. The van der Waals surface area contributed by atoms with Crippen LogP contribution < -0.4 is 0 Å². The molecule has 3 nitrogen and oxygen atoms in total. The fourth-order valence-electron chi connectivity index (χ4n) is 2.58. The summed E-state index contributed by atoms with van der Waals surface area (Å²) in [6.45, 7) is 4.55. The third kappa shape index (κ3) is 3.03. The van der Waals surface area contributed by atoms with Crippen molar-refractivity contribution >= 4 is 6.09 Å². The minimum atomic E-state index is -0.182. The smallest absolute Gasteiger partial charge is 0.410 e. The lowest BCUT2D eigenvalue weighted by atomic mass is 9.98. The molecule has 2 unspecified atom stereocenters. The van der Waals surface area contributed by atoms with Crippen LogP contribution in [0.25, 0.3) is 0 Å². The number of hydrogen-bond donors (Lipinski definition) is 0. The number of ether oxygens (including phenoxy) is 1. The molecule has 0 aliphatic carbocycles. The van der Waals surface area contributed by atoms with E-state index < -0.39 is 0 Å². The van der Waals surface area contributed by atoms with Gasteiger partial charge in [0.15, 0.2) is 0 Å².